The molecule has 6 aromatic rings. The zero-order chi connectivity index (χ0) is 34.5. The third-order valence-corrected chi connectivity index (χ3v) is 8.81. The maximum absolute atomic E-state index is 2.32. The number of nitrogens with zero attached hydrogens (tertiary/aromatic N) is 1. The van der Waals surface area contributed by atoms with Gasteiger partial charge in [-0.2, -0.15) is 0 Å². The van der Waals surface area contributed by atoms with Crippen molar-refractivity contribution < 1.29 is 0 Å². The molecule has 244 valence electrons. The van der Waals surface area contributed by atoms with Gasteiger partial charge in [-0.3, -0.25) is 0 Å². The Morgan fingerprint density at radius 3 is 1.40 bits per heavy atom. The van der Waals surface area contributed by atoms with Gasteiger partial charge in [0.2, 0.25) is 0 Å². The van der Waals surface area contributed by atoms with Gasteiger partial charge in [-0.05, 0) is 95.1 Å². The molecule has 0 bridgehead atoms. The first-order valence-corrected chi connectivity index (χ1v) is 17.2. The predicted octanol–water partition coefficient (Wildman–Crippen LogP) is 13.3. The molecule has 0 aliphatic heterocycles. The smallest absolute Gasteiger partial charge is 0.0485 e. The monoisotopic (exact) mass is 645 g/mol. The van der Waals surface area contributed by atoms with Crippen LogP contribution in [0.25, 0.3) is 29.9 Å². The molecule has 1 heteroatoms. The molecule has 0 heterocycles. The lowest BCUT2D eigenvalue weighted by atomic mass is 9.98. The minimum Gasteiger partial charge on any atom is -0.316 e. The molecular formula is C49H43N. The van der Waals surface area contributed by atoms with Crippen LogP contribution in [0.3, 0.4) is 0 Å². The first-order valence-electron chi connectivity index (χ1n) is 17.2. The van der Waals surface area contributed by atoms with Crippen LogP contribution in [0.1, 0.15) is 50.1 Å². The Bertz CT molecular complexity index is 2120. The Kier molecular flexibility index (Phi) is 11.3. The molecule has 0 spiro atoms. The molecule has 0 saturated carbocycles. The van der Waals surface area contributed by atoms with Crippen LogP contribution in [0, 0.1) is 20.8 Å². The number of benzene rings is 6. The summed E-state index contributed by atoms with van der Waals surface area (Å²) in [7, 11) is 0. The molecule has 0 N–H and O–H groups in total. The number of allylic oxidation sites excluding steroid dienone is 4. The van der Waals surface area contributed by atoms with Crippen LogP contribution in [-0.2, 0) is 0 Å². The Labute approximate surface area is 298 Å². The number of aryl methyl sites for hydroxylation is 3. The number of anilines is 2. The van der Waals surface area contributed by atoms with E-state index in [9.17, 15) is 0 Å². The fourth-order valence-electron chi connectivity index (χ4n) is 5.96. The summed E-state index contributed by atoms with van der Waals surface area (Å²) in [4.78, 5) is 2.32. The number of rotatable bonds is 11. The van der Waals surface area contributed by atoms with E-state index < -0.39 is 0 Å². The maximum atomic E-state index is 2.32. The van der Waals surface area contributed by atoms with Gasteiger partial charge in [-0.15, -0.1) is 0 Å². The third-order valence-electron chi connectivity index (χ3n) is 8.81. The standard InChI is InChI=1S/C49H43N/c1-38-18-10-14-22-43(38)24-16-12-20-41-30-33-47(34-31-41)50(37-48(45-26-6-4-7-27-45)46-28-8-5-9-29-46)49-35-32-42(36-40(49)3)21-13-17-25-44-23-15-11-19-39(44)2/h4-37H,1-3H3. The van der Waals surface area contributed by atoms with Crippen molar-refractivity contribution >= 4 is 41.3 Å². The molecule has 6 rings (SSSR count). The molecule has 0 atom stereocenters. The summed E-state index contributed by atoms with van der Waals surface area (Å²) in [6.07, 6.45) is 19.4. The van der Waals surface area contributed by atoms with Crippen molar-refractivity contribution in [3.05, 3.63) is 232 Å². The average molecular weight is 646 g/mol. The second-order valence-corrected chi connectivity index (χ2v) is 12.4. The van der Waals surface area contributed by atoms with Crippen molar-refractivity contribution in [2.45, 2.75) is 20.8 Å². The van der Waals surface area contributed by atoms with E-state index >= 15 is 0 Å². The van der Waals surface area contributed by atoms with Gasteiger partial charge >= 0.3 is 0 Å². The van der Waals surface area contributed by atoms with Gasteiger partial charge < -0.3 is 4.90 Å². The molecule has 50 heavy (non-hydrogen) atoms. The summed E-state index contributed by atoms with van der Waals surface area (Å²) < 4.78 is 0. The molecule has 0 aliphatic carbocycles. The fraction of sp³-hybridized carbons (Fsp3) is 0.0612. The normalized spacial score (nSPS) is 11.6. The zero-order valence-corrected chi connectivity index (χ0v) is 29.1. The van der Waals surface area contributed by atoms with Gasteiger partial charge in [0.1, 0.15) is 0 Å². The van der Waals surface area contributed by atoms with Gasteiger partial charge in [0.25, 0.3) is 0 Å². The second-order valence-electron chi connectivity index (χ2n) is 12.4. The van der Waals surface area contributed by atoms with Crippen molar-refractivity contribution in [1.82, 2.24) is 0 Å². The molecule has 0 aromatic heterocycles. The first-order chi connectivity index (χ1) is 24.5. The Hall–Kier alpha value is -6.18. The summed E-state index contributed by atoms with van der Waals surface area (Å²) in [5, 5.41) is 0. The highest BCUT2D eigenvalue weighted by molar-refractivity contribution is 5.85. The molecule has 0 amide bonds. The van der Waals surface area contributed by atoms with E-state index in [1.54, 1.807) is 0 Å². The van der Waals surface area contributed by atoms with Crippen LogP contribution in [-0.4, -0.2) is 0 Å². The van der Waals surface area contributed by atoms with Crippen LogP contribution in [0.4, 0.5) is 11.4 Å². The maximum Gasteiger partial charge on any atom is 0.0485 e. The molecule has 0 saturated heterocycles. The van der Waals surface area contributed by atoms with Crippen LogP contribution in [0.2, 0.25) is 0 Å². The highest BCUT2D eigenvalue weighted by Gasteiger charge is 2.14. The van der Waals surface area contributed by atoms with Crippen molar-refractivity contribution in [3.63, 3.8) is 0 Å². The van der Waals surface area contributed by atoms with Crippen molar-refractivity contribution in [2.75, 3.05) is 4.90 Å². The Balaban J connectivity index is 1.33. The highest BCUT2D eigenvalue weighted by atomic mass is 15.1. The quantitative estimate of drug-likeness (QED) is 0.127. The molecule has 0 aliphatic rings. The minimum atomic E-state index is 1.09. The molecule has 1 nitrogen and oxygen atoms in total. The lowest BCUT2D eigenvalue weighted by molar-refractivity contribution is 1.24. The van der Waals surface area contributed by atoms with E-state index in [1.807, 2.05) is 0 Å². The van der Waals surface area contributed by atoms with Crippen molar-refractivity contribution in [3.8, 4) is 0 Å². The molecule has 0 unspecified atom stereocenters. The predicted molar refractivity (Wildman–Crippen MR) is 218 cm³/mol. The minimum absolute atomic E-state index is 1.09. The van der Waals surface area contributed by atoms with Crippen LogP contribution in [0.5, 0.6) is 0 Å². The SMILES string of the molecule is Cc1ccccc1C=CC=Cc1ccc(N(C=C(c2ccccc2)c2ccccc2)c2ccc(C=CC=Cc3ccccc3C)cc2C)cc1. The second kappa shape index (κ2) is 16.8. The van der Waals surface area contributed by atoms with Crippen molar-refractivity contribution in [1.29, 1.82) is 0 Å². The summed E-state index contributed by atoms with van der Waals surface area (Å²) in [6, 6.07) is 53.6. The van der Waals surface area contributed by atoms with E-state index in [1.165, 1.54) is 38.9 Å². The summed E-state index contributed by atoms with van der Waals surface area (Å²) in [6.45, 7) is 6.47. The van der Waals surface area contributed by atoms with E-state index in [2.05, 4.69) is 232 Å². The number of hydrogen-bond acceptors (Lipinski definition) is 1. The van der Waals surface area contributed by atoms with Gasteiger partial charge in [0.05, 0.1) is 0 Å². The molecule has 6 aromatic carbocycles. The fourth-order valence-corrected chi connectivity index (χ4v) is 5.96. The topological polar surface area (TPSA) is 3.24 Å². The Morgan fingerprint density at radius 1 is 0.420 bits per heavy atom. The largest absolute Gasteiger partial charge is 0.316 e. The van der Waals surface area contributed by atoms with Gasteiger partial charge in [-0.25, -0.2) is 0 Å². The Morgan fingerprint density at radius 2 is 0.880 bits per heavy atom. The molecule has 0 radical (unpaired) electrons. The average Bonchev–Trinajstić information content (AvgIpc) is 3.15. The van der Waals surface area contributed by atoms with Crippen molar-refractivity contribution in [2.24, 2.45) is 0 Å². The number of hydrogen-bond donors (Lipinski definition) is 0. The highest BCUT2D eigenvalue weighted by Crippen LogP contribution is 2.34. The molecule has 0 fully saturated rings. The summed E-state index contributed by atoms with van der Waals surface area (Å²) in [5.74, 6) is 0. The van der Waals surface area contributed by atoms with Crippen LogP contribution >= 0.6 is 0 Å². The summed E-state index contributed by atoms with van der Waals surface area (Å²) >= 11 is 0. The van der Waals surface area contributed by atoms with E-state index in [0.29, 0.717) is 0 Å². The lowest BCUT2D eigenvalue weighted by Gasteiger charge is -2.25. The first kappa shape index (κ1) is 33.7. The van der Waals surface area contributed by atoms with E-state index in [4.69, 9.17) is 0 Å². The molecular weight excluding hydrogens is 603 g/mol. The van der Waals surface area contributed by atoms with Crippen LogP contribution < -0.4 is 4.90 Å². The van der Waals surface area contributed by atoms with Gasteiger partial charge in [0.15, 0.2) is 0 Å². The van der Waals surface area contributed by atoms with Gasteiger partial charge in [0, 0.05) is 23.1 Å². The lowest BCUT2D eigenvalue weighted by Crippen LogP contribution is -2.12. The zero-order valence-electron chi connectivity index (χ0n) is 29.1. The van der Waals surface area contributed by atoms with E-state index in [0.717, 1.165) is 28.1 Å². The van der Waals surface area contributed by atoms with E-state index in [-0.39, 0.29) is 0 Å². The third kappa shape index (κ3) is 8.83. The summed E-state index contributed by atoms with van der Waals surface area (Å²) in [5.41, 5.74) is 14.2. The van der Waals surface area contributed by atoms with Gasteiger partial charge in [-0.1, -0.05) is 176 Å². The van der Waals surface area contributed by atoms with Crippen LogP contribution in [0.15, 0.2) is 182 Å².